The summed E-state index contributed by atoms with van der Waals surface area (Å²) >= 11 is 1.26. The average Bonchev–Trinajstić information content (AvgIpc) is 2.78. The number of halogens is 3. The summed E-state index contributed by atoms with van der Waals surface area (Å²) in [6.07, 6.45) is -9.30. The van der Waals surface area contributed by atoms with Crippen LogP contribution in [0.25, 0.3) is 0 Å². The molecule has 1 aromatic rings. The molecule has 0 spiro atoms. The molecule has 0 saturated carbocycles. The van der Waals surface area contributed by atoms with Gasteiger partial charge in [-0.15, -0.1) is 11.8 Å². The number of carbonyl (C=O) groups excluding carboxylic acids is 1. The zero-order valence-electron chi connectivity index (χ0n) is 18.6. The van der Waals surface area contributed by atoms with E-state index in [1.807, 2.05) is 0 Å². The molecule has 5 atom stereocenters. The molecule has 4 N–H and O–H groups in total. The van der Waals surface area contributed by atoms with Gasteiger partial charge in [-0.1, -0.05) is 6.07 Å². The second-order valence-electron chi connectivity index (χ2n) is 7.40. The van der Waals surface area contributed by atoms with Crippen LogP contribution in [0.4, 0.5) is 13.2 Å². The van der Waals surface area contributed by atoms with Crippen LogP contribution in [0.2, 0.25) is 0 Å². The molecule has 1 saturated heterocycles. The molecule has 194 valence electrons. The molecular formula is C21H30F3NO8S. The Morgan fingerprint density at radius 1 is 1.12 bits per heavy atom. The van der Waals surface area contributed by atoms with Crippen molar-refractivity contribution in [1.82, 2.24) is 5.32 Å². The van der Waals surface area contributed by atoms with Gasteiger partial charge in [0.2, 0.25) is 5.91 Å². The minimum atomic E-state index is -4.37. The number of ether oxygens (including phenoxy) is 4. The molecule has 0 radical (unpaired) electrons. The molecule has 0 aliphatic carbocycles. The van der Waals surface area contributed by atoms with Crippen LogP contribution in [0.3, 0.4) is 0 Å². The highest BCUT2D eigenvalue weighted by molar-refractivity contribution is 7.99. The van der Waals surface area contributed by atoms with E-state index in [-0.39, 0.29) is 26.4 Å². The van der Waals surface area contributed by atoms with Gasteiger partial charge in [0, 0.05) is 17.6 Å². The number of thioether (sulfide) groups is 1. The average molecular weight is 514 g/mol. The van der Waals surface area contributed by atoms with Gasteiger partial charge in [-0.05, 0) is 18.2 Å². The summed E-state index contributed by atoms with van der Waals surface area (Å²) in [5.74, 6) is 0.0317. The number of alkyl halides is 3. The number of amides is 1. The summed E-state index contributed by atoms with van der Waals surface area (Å²) in [6.45, 7) is 1.76. The number of benzene rings is 1. The molecule has 1 unspecified atom stereocenters. The van der Waals surface area contributed by atoms with E-state index in [9.17, 15) is 33.3 Å². The van der Waals surface area contributed by atoms with Crippen molar-refractivity contribution in [3.05, 3.63) is 29.8 Å². The Morgan fingerprint density at radius 3 is 2.44 bits per heavy atom. The highest BCUT2D eigenvalue weighted by Crippen LogP contribution is 2.31. The number of carbonyl (C=O) groups is 1. The Hall–Kier alpha value is -1.45. The molecule has 1 aliphatic rings. The van der Waals surface area contributed by atoms with Crippen molar-refractivity contribution in [2.24, 2.45) is 0 Å². The standard InChI is InChI=1S/C21H30F3NO8S/c1-13(27)25-17-19(29)18(28)16(12-26)33-20(17)32-8-7-30-5-6-31-9-10-34-15-4-2-3-14(11-15)21(22,23)24/h2-4,11,16-20,26,28-29H,5-10,12H2,1H3,(H,25,27)/t16-,17-,18-,19-,20?/m1/s1. The highest BCUT2D eigenvalue weighted by atomic mass is 32.2. The first kappa shape index (κ1) is 28.8. The van der Waals surface area contributed by atoms with Crippen molar-refractivity contribution in [3.8, 4) is 0 Å². The van der Waals surface area contributed by atoms with E-state index in [0.29, 0.717) is 17.3 Å². The minimum Gasteiger partial charge on any atom is -0.394 e. The lowest BCUT2D eigenvalue weighted by atomic mass is 9.97. The largest absolute Gasteiger partial charge is 0.416 e. The molecule has 2 rings (SSSR count). The van der Waals surface area contributed by atoms with Gasteiger partial charge in [0.25, 0.3) is 0 Å². The summed E-state index contributed by atoms with van der Waals surface area (Å²) in [5, 5.41) is 31.9. The van der Waals surface area contributed by atoms with Crippen LogP contribution in [0.1, 0.15) is 12.5 Å². The molecule has 1 heterocycles. The van der Waals surface area contributed by atoms with E-state index < -0.39 is 54.9 Å². The van der Waals surface area contributed by atoms with E-state index in [1.165, 1.54) is 24.8 Å². The SMILES string of the molecule is CC(=O)N[C@H]1C(OCCOCCOCCSc2cccc(C(F)(F)F)c2)O[C@H](CO)[C@@H](O)[C@@H]1O. The number of rotatable bonds is 13. The van der Waals surface area contributed by atoms with Gasteiger partial charge in [-0.2, -0.15) is 13.2 Å². The summed E-state index contributed by atoms with van der Waals surface area (Å²) in [7, 11) is 0. The monoisotopic (exact) mass is 513 g/mol. The predicted molar refractivity (Wildman–Crippen MR) is 115 cm³/mol. The summed E-state index contributed by atoms with van der Waals surface area (Å²) in [4.78, 5) is 11.9. The minimum absolute atomic E-state index is 0.0487. The molecule has 13 heteroatoms. The van der Waals surface area contributed by atoms with Crippen molar-refractivity contribution >= 4 is 17.7 Å². The number of hydrogen-bond acceptors (Lipinski definition) is 9. The van der Waals surface area contributed by atoms with Crippen molar-refractivity contribution in [2.45, 2.75) is 48.6 Å². The quantitative estimate of drug-likeness (QED) is 0.224. The molecule has 1 aromatic carbocycles. The third-order valence-electron chi connectivity index (χ3n) is 4.79. The van der Waals surface area contributed by atoms with Crippen LogP contribution >= 0.6 is 11.8 Å². The maximum atomic E-state index is 12.7. The van der Waals surface area contributed by atoms with Crippen molar-refractivity contribution in [1.29, 1.82) is 0 Å². The summed E-state index contributed by atoms with van der Waals surface area (Å²) < 4.78 is 59.8. The maximum Gasteiger partial charge on any atom is 0.416 e. The van der Waals surface area contributed by atoms with Gasteiger partial charge in [0.1, 0.15) is 24.4 Å². The summed E-state index contributed by atoms with van der Waals surface area (Å²) in [6, 6.07) is 4.08. The topological polar surface area (TPSA) is 127 Å². The zero-order valence-corrected chi connectivity index (χ0v) is 19.4. The fourth-order valence-corrected chi connectivity index (χ4v) is 3.96. The van der Waals surface area contributed by atoms with Gasteiger partial charge < -0.3 is 39.6 Å². The molecular weight excluding hydrogens is 483 g/mol. The fraction of sp³-hybridized carbons (Fsp3) is 0.667. The Morgan fingerprint density at radius 2 is 1.79 bits per heavy atom. The number of aliphatic hydroxyl groups is 3. The normalized spacial score (nSPS) is 25.3. The molecule has 34 heavy (non-hydrogen) atoms. The number of aliphatic hydroxyl groups excluding tert-OH is 3. The first-order valence-electron chi connectivity index (χ1n) is 10.6. The van der Waals surface area contributed by atoms with E-state index in [2.05, 4.69) is 5.32 Å². The molecule has 1 amide bonds. The van der Waals surface area contributed by atoms with Gasteiger partial charge in [0.15, 0.2) is 6.29 Å². The number of nitrogens with one attached hydrogen (secondary N) is 1. The molecule has 0 aromatic heterocycles. The summed E-state index contributed by atoms with van der Waals surface area (Å²) in [5.41, 5.74) is -0.686. The molecule has 1 aliphatic heterocycles. The first-order valence-corrected chi connectivity index (χ1v) is 11.6. The molecule has 9 nitrogen and oxygen atoms in total. The number of hydrogen-bond donors (Lipinski definition) is 4. The lowest BCUT2D eigenvalue weighted by Crippen LogP contribution is -2.64. The maximum absolute atomic E-state index is 12.7. The second-order valence-corrected chi connectivity index (χ2v) is 8.57. The van der Waals surface area contributed by atoms with Crippen molar-refractivity contribution in [2.75, 3.05) is 45.4 Å². The van der Waals surface area contributed by atoms with E-state index in [1.54, 1.807) is 6.07 Å². The fourth-order valence-electron chi connectivity index (χ4n) is 3.14. The lowest BCUT2D eigenvalue weighted by molar-refractivity contribution is -0.272. The van der Waals surface area contributed by atoms with Crippen molar-refractivity contribution in [3.63, 3.8) is 0 Å². The van der Waals surface area contributed by atoms with Crippen LogP contribution in [0, 0.1) is 0 Å². The van der Waals surface area contributed by atoms with E-state index in [0.717, 1.165) is 12.1 Å². The Bertz CT molecular complexity index is 757. The van der Waals surface area contributed by atoms with Crippen LogP contribution < -0.4 is 5.32 Å². The van der Waals surface area contributed by atoms with E-state index >= 15 is 0 Å². The van der Waals surface area contributed by atoms with Crippen LogP contribution in [-0.4, -0.2) is 97.3 Å². The Balaban J connectivity index is 1.59. The zero-order chi connectivity index (χ0) is 25.1. The van der Waals surface area contributed by atoms with Crippen LogP contribution in [0.15, 0.2) is 29.2 Å². The molecule has 0 bridgehead atoms. The lowest BCUT2D eigenvalue weighted by Gasteiger charge is -2.42. The highest BCUT2D eigenvalue weighted by Gasteiger charge is 2.45. The second kappa shape index (κ2) is 14.2. The van der Waals surface area contributed by atoms with E-state index in [4.69, 9.17) is 18.9 Å². The molecule has 1 fully saturated rings. The smallest absolute Gasteiger partial charge is 0.394 e. The Kier molecular flexibility index (Phi) is 12.0. The first-order chi connectivity index (χ1) is 16.1. The third-order valence-corrected chi connectivity index (χ3v) is 5.75. The predicted octanol–water partition coefficient (Wildman–Crippen LogP) is 0.791. The Labute approximate surface area is 199 Å². The van der Waals surface area contributed by atoms with Gasteiger partial charge in [-0.25, -0.2) is 0 Å². The van der Waals surface area contributed by atoms with Gasteiger partial charge in [-0.3, -0.25) is 4.79 Å². The third kappa shape index (κ3) is 9.30. The van der Waals surface area contributed by atoms with Crippen LogP contribution in [-0.2, 0) is 29.9 Å². The van der Waals surface area contributed by atoms with Crippen molar-refractivity contribution < 1.29 is 52.2 Å². The van der Waals surface area contributed by atoms with Gasteiger partial charge in [0.05, 0.1) is 45.2 Å². The van der Waals surface area contributed by atoms with Gasteiger partial charge >= 0.3 is 6.18 Å². The van der Waals surface area contributed by atoms with Crippen LogP contribution in [0.5, 0.6) is 0 Å².